The van der Waals surface area contributed by atoms with Gasteiger partial charge >= 0.3 is 0 Å². The van der Waals surface area contributed by atoms with E-state index in [1.165, 1.54) is 12.8 Å². The average Bonchev–Trinajstić information content (AvgIpc) is 2.84. The smallest absolute Gasteiger partial charge is 0.152 e. The highest BCUT2D eigenvalue weighted by molar-refractivity contribution is 6.16. The van der Waals surface area contributed by atoms with Crippen molar-refractivity contribution in [3.63, 3.8) is 0 Å². The van der Waals surface area contributed by atoms with Gasteiger partial charge in [-0.25, -0.2) is 10.0 Å². The molecule has 0 aromatic carbocycles. The Morgan fingerprint density at radius 3 is 2.81 bits per heavy atom. The molecule has 1 aliphatic carbocycles. The van der Waals surface area contributed by atoms with Crippen molar-refractivity contribution in [2.24, 2.45) is 5.10 Å². The minimum Gasteiger partial charge on any atom is -0.326 e. The van der Waals surface area contributed by atoms with Crippen LogP contribution < -0.4 is 5.43 Å². The molecule has 0 amide bonds. The summed E-state index contributed by atoms with van der Waals surface area (Å²) in [5.74, 6) is 0.515. The number of nitrogens with zero attached hydrogens (tertiary/aromatic N) is 3. The van der Waals surface area contributed by atoms with Crippen LogP contribution in [0.4, 0.5) is 0 Å². The maximum Gasteiger partial charge on any atom is 0.152 e. The predicted octanol–water partition coefficient (Wildman–Crippen LogP) is 1.16. The lowest BCUT2D eigenvalue weighted by molar-refractivity contribution is 0.334. The number of hydrogen-bond acceptors (Lipinski definition) is 4. The van der Waals surface area contributed by atoms with E-state index in [0.717, 1.165) is 18.4 Å². The van der Waals surface area contributed by atoms with Gasteiger partial charge in [0.15, 0.2) is 5.84 Å². The summed E-state index contributed by atoms with van der Waals surface area (Å²) in [4.78, 5) is 0. The normalized spacial score (nSPS) is 24.1. The summed E-state index contributed by atoms with van der Waals surface area (Å²) in [6, 6.07) is 0.439. The first-order valence-electron chi connectivity index (χ1n) is 5.74. The van der Waals surface area contributed by atoms with Crippen molar-refractivity contribution >= 4 is 12.1 Å². The van der Waals surface area contributed by atoms with Gasteiger partial charge in [0, 0.05) is 20.3 Å². The van der Waals surface area contributed by atoms with Crippen molar-refractivity contribution in [3.8, 4) is 0 Å². The highest BCUT2D eigenvalue weighted by Gasteiger charge is 2.28. The molecular weight excluding hydrogens is 202 g/mol. The second-order valence-corrected chi connectivity index (χ2v) is 4.50. The summed E-state index contributed by atoms with van der Waals surface area (Å²) in [6.45, 7) is 0. The molecule has 0 atom stereocenters. The van der Waals surface area contributed by atoms with E-state index in [2.05, 4.69) is 10.5 Å². The van der Waals surface area contributed by atoms with Crippen molar-refractivity contribution in [2.45, 2.75) is 31.7 Å². The van der Waals surface area contributed by atoms with Crippen molar-refractivity contribution in [2.75, 3.05) is 14.1 Å². The van der Waals surface area contributed by atoms with Crippen LogP contribution in [0.25, 0.3) is 0 Å². The van der Waals surface area contributed by atoms with Crippen molar-refractivity contribution in [3.05, 3.63) is 11.8 Å². The summed E-state index contributed by atoms with van der Waals surface area (Å²) in [6.07, 6.45) is 8.43. The molecule has 0 unspecified atom stereocenters. The Balaban J connectivity index is 1.99. The first kappa shape index (κ1) is 11.1. The number of hydrogen-bond donors (Lipinski definition) is 2. The number of nitrogens with one attached hydrogen (secondary N) is 2. The predicted molar refractivity (Wildman–Crippen MR) is 65.2 cm³/mol. The quantitative estimate of drug-likeness (QED) is 0.703. The summed E-state index contributed by atoms with van der Waals surface area (Å²) in [7, 11) is 3.84. The van der Waals surface area contributed by atoms with Gasteiger partial charge in [-0.15, -0.1) is 0 Å². The monoisotopic (exact) mass is 221 g/mol. The molecule has 0 bridgehead atoms. The van der Waals surface area contributed by atoms with E-state index in [4.69, 9.17) is 5.41 Å². The van der Waals surface area contributed by atoms with Crippen LogP contribution in [-0.4, -0.2) is 42.2 Å². The summed E-state index contributed by atoms with van der Waals surface area (Å²) < 4.78 is 0. The molecule has 0 radical (unpaired) electrons. The molecule has 2 N–H and O–H groups in total. The zero-order chi connectivity index (χ0) is 11.5. The molecule has 88 valence electrons. The van der Waals surface area contributed by atoms with Gasteiger partial charge in [0.2, 0.25) is 0 Å². The minimum absolute atomic E-state index is 0.439. The molecule has 1 fully saturated rings. The number of amidine groups is 1. The average molecular weight is 221 g/mol. The molecule has 0 aromatic rings. The van der Waals surface area contributed by atoms with Crippen LogP contribution in [0.15, 0.2) is 16.9 Å². The fraction of sp³-hybridized carbons (Fsp3) is 0.636. The van der Waals surface area contributed by atoms with Crippen molar-refractivity contribution in [1.82, 2.24) is 15.4 Å². The molecule has 1 saturated carbocycles. The van der Waals surface area contributed by atoms with E-state index in [1.807, 2.05) is 30.3 Å². The summed E-state index contributed by atoms with van der Waals surface area (Å²) >= 11 is 0. The molecule has 5 heteroatoms. The van der Waals surface area contributed by atoms with Gasteiger partial charge in [0.05, 0.1) is 17.8 Å². The number of hydrazone groups is 1. The maximum atomic E-state index is 8.05. The lowest BCUT2D eigenvalue weighted by Gasteiger charge is -2.21. The standard InChI is InChI=1S/C11H19N5/c1-15(2)13-7-9-8-14-16(11(9)12)10-5-3-4-6-10/h7-8,10,12-13H,3-6H2,1-2H3/b9-7-,12-11?. The molecule has 5 nitrogen and oxygen atoms in total. The van der Waals surface area contributed by atoms with Crippen LogP contribution in [0, 0.1) is 5.41 Å². The van der Waals surface area contributed by atoms with Crippen LogP contribution in [0.1, 0.15) is 25.7 Å². The van der Waals surface area contributed by atoms with Gasteiger partial charge in [-0.05, 0) is 12.8 Å². The van der Waals surface area contributed by atoms with Gasteiger partial charge in [-0.1, -0.05) is 12.8 Å². The second kappa shape index (κ2) is 4.65. The Bertz CT molecular complexity index is 325. The molecule has 2 rings (SSSR count). The minimum atomic E-state index is 0.439. The Morgan fingerprint density at radius 2 is 2.19 bits per heavy atom. The lowest BCUT2D eigenvalue weighted by atomic mass is 10.2. The molecular formula is C11H19N5. The third-order valence-electron chi connectivity index (χ3n) is 2.97. The van der Waals surface area contributed by atoms with Gasteiger partial charge in [-0.2, -0.15) is 5.10 Å². The van der Waals surface area contributed by atoms with Crippen molar-refractivity contribution < 1.29 is 0 Å². The van der Waals surface area contributed by atoms with Gasteiger partial charge in [0.1, 0.15) is 0 Å². The summed E-state index contributed by atoms with van der Waals surface area (Å²) in [5.41, 5.74) is 3.89. The largest absolute Gasteiger partial charge is 0.326 e. The van der Waals surface area contributed by atoms with Crippen molar-refractivity contribution in [1.29, 1.82) is 5.41 Å². The molecule has 1 aliphatic heterocycles. The lowest BCUT2D eigenvalue weighted by Crippen LogP contribution is -2.32. The van der Waals surface area contributed by atoms with Crippen LogP contribution >= 0.6 is 0 Å². The molecule has 0 saturated heterocycles. The van der Waals surface area contributed by atoms with Crippen LogP contribution in [0.5, 0.6) is 0 Å². The Morgan fingerprint density at radius 1 is 1.50 bits per heavy atom. The van der Waals surface area contributed by atoms with Gasteiger partial charge < -0.3 is 5.43 Å². The first-order valence-corrected chi connectivity index (χ1v) is 5.74. The third-order valence-corrected chi connectivity index (χ3v) is 2.97. The third kappa shape index (κ3) is 2.24. The zero-order valence-corrected chi connectivity index (χ0v) is 9.90. The van der Waals surface area contributed by atoms with Crippen LogP contribution in [0.2, 0.25) is 0 Å². The van der Waals surface area contributed by atoms with E-state index < -0.39 is 0 Å². The van der Waals surface area contributed by atoms with E-state index in [-0.39, 0.29) is 0 Å². The molecule has 1 heterocycles. The highest BCUT2D eigenvalue weighted by atomic mass is 15.5. The van der Waals surface area contributed by atoms with Crippen LogP contribution in [0.3, 0.4) is 0 Å². The fourth-order valence-corrected chi connectivity index (χ4v) is 2.11. The topological polar surface area (TPSA) is 54.7 Å². The van der Waals surface area contributed by atoms with Crippen LogP contribution in [-0.2, 0) is 0 Å². The second-order valence-electron chi connectivity index (χ2n) is 4.50. The van der Waals surface area contributed by atoms with Gasteiger partial charge in [-0.3, -0.25) is 5.41 Å². The number of hydrazine groups is 1. The van der Waals surface area contributed by atoms with E-state index in [0.29, 0.717) is 11.9 Å². The Kier molecular flexibility index (Phi) is 3.24. The summed E-state index contributed by atoms with van der Waals surface area (Å²) in [5, 5.41) is 16.1. The Labute approximate surface area is 96.3 Å². The highest BCUT2D eigenvalue weighted by Crippen LogP contribution is 2.26. The van der Waals surface area contributed by atoms with E-state index >= 15 is 0 Å². The fourth-order valence-electron chi connectivity index (χ4n) is 2.11. The zero-order valence-electron chi connectivity index (χ0n) is 9.90. The SMILES string of the molecule is CN(C)N/C=C1/C=NN(C2CCCC2)C1=N. The number of rotatable bonds is 3. The van der Waals surface area contributed by atoms with E-state index in [9.17, 15) is 0 Å². The molecule has 16 heavy (non-hydrogen) atoms. The maximum absolute atomic E-state index is 8.05. The van der Waals surface area contributed by atoms with E-state index in [1.54, 1.807) is 6.21 Å². The Hall–Kier alpha value is -1.36. The molecule has 0 aromatic heterocycles. The first-order chi connectivity index (χ1) is 7.68. The molecule has 2 aliphatic rings. The van der Waals surface area contributed by atoms with Gasteiger partial charge in [0.25, 0.3) is 0 Å². The molecule has 0 spiro atoms.